The van der Waals surface area contributed by atoms with Gasteiger partial charge in [-0.25, -0.2) is 0 Å². The third-order valence-corrected chi connectivity index (χ3v) is 5.18. The van der Waals surface area contributed by atoms with Gasteiger partial charge >= 0.3 is 0 Å². The van der Waals surface area contributed by atoms with Crippen molar-refractivity contribution in [1.29, 1.82) is 0 Å². The summed E-state index contributed by atoms with van der Waals surface area (Å²) in [6.45, 7) is 1.89. The number of nitrogens with one attached hydrogen (secondary N) is 1. The molecule has 26 heavy (non-hydrogen) atoms. The molecule has 3 aromatic carbocycles. The normalized spacial score (nSPS) is 11.8. The molecule has 5 heteroatoms. The molecule has 4 nitrogen and oxygen atoms in total. The SMILES string of the molecule is COc1ccc(S[C@H](C)C(=O)Nc2cccc3ccccc23)cc1OC. The van der Waals surface area contributed by atoms with Crippen LogP contribution >= 0.6 is 11.8 Å². The average molecular weight is 367 g/mol. The molecule has 0 aliphatic heterocycles. The molecule has 0 radical (unpaired) electrons. The predicted molar refractivity (Wildman–Crippen MR) is 107 cm³/mol. The van der Waals surface area contributed by atoms with Gasteiger partial charge < -0.3 is 14.8 Å². The summed E-state index contributed by atoms with van der Waals surface area (Å²) in [5.41, 5.74) is 0.827. The van der Waals surface area contributed by atoms with Crippen LogP contribution in [0.5, 0.6) is 11.5 Å². The Morgan fingerprint density at radius 2 is 1.69 bits per heavy atom. The molecule has 1 amide bonds. The molecular weight excluding hydrogens is 346 g/mol. The number of thioether (sulfide) groups is 1. The van der Waals surface area contributed by atoms with Crippen molar-refractivity contribution >= 4 is 34.1 Å². The summed E-state index contributed by atoms with van der Waals surface area (Å²) in [6.07, 6.45) is 0. The lowest BCUT2D eigenvalue weighted by Gasteiger charge is -2.15. The topological polar surface area (TPSA) is 47.6 Å². The molecule has 3 aromatic rings. The quantitative estimate of drug-likeness (QED) is 0.625. The van der Waals surface area contributed by atoms with Crippen molar-refractivity contribution in [2.75, 3.05) is 19.5 Å². The van der Waals surface area contributed by atoms with E-state index in [1.165, 1.54) is 11.8 Å². The van der Waals surface area contributed by atoms with Crippen LogP contribution in [0.3, 0.4) is 0 Å². The fourth-order valence-corrected chi connectivity index (χ4v) is 3.61. The van der Waals surface area contributed by atoms with E-state index in [1.807, 2.05) is 67.6 Å². The van der Waals surface area contributed by atoms with Gasteiger partial charge in [0.1, 0.15) is 0 Å². The van der Waals surface area contributed by atoms with Gasteiger partial charge in [-0.05, 0) is 36.6 Å². The van der Waals surface area contributed by atoms with Gasteiger partial charge in [0.15, 0.2) is 11.5 Å². The van der Waals surface area contributed by atoms with Gasteiger partial charge in [0.05, 0.1) is 19.5 Å². The Labute approximate surface area is 157 Å². The Morgan fingerprint density at radius 3 is 2.46 bits per heavy atom. The number of ether oxygens (including phenoxy) is 2. The van der Waals surface area contributed by atoms with E-state index in [0.29, 0.717) is 11.5 Å². The van der Waals surface area contributed by atoms with Gasteiger partial charge in [0, 0.05) is 16.0 Å². The number of benzene rings is 3. The van der Waals surface area contributed by atoms with E-state index < -0.39 is 0 Å². The van der Waals surface area contributed by atoms with Crippen molar-refractivity contribution in [3.05, 3.63) is 60.7 Å². The highest BCUT2D eigenvalue weighted by Crippen LogP contribution is 2.34. The number of methoxy groups -OCH3 is 2. The van der Waals surface area contributed by atoms with Crippen molar-refractivity contribution in [3.63, 3.8) is 0 Å². The fraction of sp³-hybridized carbons (Fsp3) is 0.190. The second kappa shape index (κ2) is 8.15. The molecule has 0 aliphatic rings. The third kappa shape index (κ3) is 3.94. The first kappa shape index (κ1) is 18.1. The molecule has 0 aliphatic carbocycles. The van der Waals surface area contributed by atoms with E-state index in [0.717, 1.165) is 21.4 Å². The van der Waals surface area contributed by atoms with Gasteiger partial charge in [0.2, 0.25) is 5.91 Å². The first-order valence-corrected chi connectivity index (χ1v) is 9.17. The van der Waals surface area contributed by atoms with Gasteiger partial charge in [-0.1, -0.05) is 36.4 Å². The summed E-state index contributed by atoms with van der Waals surface area (Å²) in [5, 5.41) is 4.92. The minimum absolute atomic E-state index is 0.0406. The molecule has 0 fully saturated rings. The van der Waals surface area contributed by atoms with Crippen LogP contribution in [0.25, 0.3) is 10.8 Å². The number of carbonyl (C=O) groups is 1. The molecule has 0 aromatic heterocycles. The van der Waals surface area contributed by atoms with Gasteiger partial charge in [0.25, 0.3) is 0 Å². The maximum Gasteiger partial charge on any atom is 0.237 e. The standard InChI is InChI=1S/C21H21NO3S/c1-14(26-16-11-12-19(24-2)20(13-16)25-3)21(23)22-18-10-6-8-15-7-4-5-9-17(15)18/h4-14H,1-3H3,(H,22,23)/t14-/m1/s1. The fourth-order valence-electron chi connectivity index (χ4n) is 2.72. The van der Waals surface area contributed by atoms with E-state index in [9.17, 15) is 4.79 Å². The molecule has 0 spiro atoms. The number of fused-ring (bicyclic) bond motifs is 1. The summed E-state index contributed by atoms with van der Waals surface area (Å²) in [7, 11) is 3.20. The van der Waals surface area contributed by atoms with E-state index >= 15 is 0 Å². The van der Waals surface area contributed by atoms with Crippen molar-refractivity contribution in [1.82, 2.24) is 0 Å². The Morgan fingerprint density at radius 1 is 0.962 bits per heavy atom. The second-order valence-corrected chi connectivity index (χ2v) is 7.21. The summed E-state index contributed by atoms with van der Waals surface area (Å²) < 4.78 is 10.6. The lowest BCUT2D eigenvalue weighted by Crippen LogP contribution is -2.22. The maximum atomic E-state index is 12.7. The average Bonchev–Trinajstić information content (AvgIpc) is 2.68. The van der Waals surface area contributed by atoms with Crippen LogP contribution in [0, 0.1) is 0 Å². The lowest BCUT2D eigenvalue weighted by molar-refractivity contribution is -0.115. The predicted octanol–water partition coefficient (Wildman–Crippen LogP) is 4.98. The van der Waals surface area contributed by atoms with Gasteiger partial charge in [-0.2, -0.15) is 0 Å². The monoisotopic (exact) mass is 367 g/mol. The van der Waals surface area contributed by atoms with Gasteiger partial charge in [-0.15, -0.1) is 11.8 Å². The lowest BCUT2D eigenvalue weighted by atomic mass is 10.1. The highest BCUT2D eigenvalue weighted by atomic mass is 32.2. The molecule has 134 valence electrons. The summed E-state index contributed by atoms with van der Waals surface area (Å²) in [5.74, 6) is 1.28. The smallest absolute Gasteiger partial charge is 0.237 e. The van der Waals surface area contributed by atoms with Crippen molar-refractivity contribution in [3.8, 4) is 11.5 Å². The maximum absolute atomic E-state index is 12.7. The Kier molecular flexibility index (Phi) is 5.68. The first-order valence-electron chi connectivity index (χ1n) is 8.29. The number of rotatable bonds is 6. The number of carbonyl (C=O) groups excluding carboxylic acids is 1. The summed E-state index contributed by atoms with van der Waals surface area (Å²) in [6, 6.07) is 19.6. The highest BCUT2D eigenvalue weighted by molar-refractivity contribution is 8.00. The summed E-state index contributed by atoms with van der Waals surface area (Å²) in [4.78, 5) is 13.6. The van der Waals surface area contributed by atoms with Crippen LogP contribution in [0.4, 0.5) is 5.69 Å². The van der Waals surface area contributed by atoms with E-state index in [4.69, 9.17) is 9.47 Å². The van der Waals surface area contributed by atoms with Crippen LogP contribution in [0.1, 0.15) is 6.92 Å². The number of anilines is 1. The molecule has 0 heterocycles. The van der Waals surface area contributed by atoms with Crippen molar-refractivity contribution in [2.24, 2.45) is 0 Å². The zero-order valence-electron chi connectivity index (χ0n) is 15.0. The van der Waals surface area contributed by atoms with Crippen LogP contribution in [0.15, 0.2) is 65.6 Å². The molecule has 1 atom stereocenters. The zero-order chi connectivity index (χ0) is 18.5. The van der Waals surface area contributed by atoms with Crippen LogP contribution < -0.4 is 14.8 Å². The molecule has 0 saturated heterocycles. The van der Waals surface area contributed by atoms with E-state index in [2.05, 4.69) is 5.32 Å². The van der Waals surface area contributed by atoms with Crippen LogP contribution in [-0.2, 0) is 4.79 Å². The van der Waals surface area contributed by atoms with E-state index in [-0.39, 0.29) is 11.2 Å². The van der Waals surface area contributed by atoms with E-state index in [1.54, 1.807) is 14.2 Å². The van der Waals surface area contributed by atoms with Crippen LogP contribution in [-0.4, -0.2) is 25.4 Å². The highest BCUT2D eigenvalue weighted by Gasteiger charge is 2.16. The van der Waals surface area contributed by atoms with Crippen molar-refractivity contribution < 1.29 is 14.3 Å². The molecule has 3 rings (SSSR count). The van der Waals surface area contributed by atoms with Crippen LogP contribution in [0.2, 0.25) is 0 Å². The Bertz CT molecular complexity index is 921. The summed E-state index contributed by atoms with van der Waals surface area (Å²) >= 11 is 1.48. The minimum atomic E-state index is -0.257. The Balaban J connectivity index is 1.74. The molecular formula is C21H21NO3S. The van der Waals surface area contributed by atoms with Crippen molar-refractivity contribution in [2.45, 2.75) is 17.1 Å². The Hall–Kier alpha value is -2.66. The molecule has 0 bridgehead atoms. The number of amides is 1. The largest absolute Gasteiger partial charge is 0.493 e. The number of hydrogen-bond acceptors (Lipinski definition) is 4. The zero-order valence-corrected chi connectivity index (χ0v) is 15.8. The first-order chi connectivity index (χ1) is 12.6. The van der Waals surface area contributed by atoms with Gasteiger partial charge in [-0.3, -0.25) is 4.79 Å². The molecule has 0 saturated carbocycles. The number of hydrogen-bond donors (Lipinski definition) is 1. The third-order valence-electron chi connectivity index (χ3n) is 4.08. The second-order valence-electron chi connectivity index (χ2n) is 5.79. The minimum Gasteiger partial charge on any atom is -0.493 e. The molecule has 1 N–H and O–H groups in total. The molecule has 0 unspecified atom stereocenters.